The summed E-state index contributed by atoms with van der Waals surface area (Å²) in [5.41, 5.74) is 0. The summed E-state index contributed by atoms with van der Waals surface area (Å²) in [6.07, 6.45) is 3.19. The van der Waals surface area contributed by atoms with Gasteiger partial charge in [-0.1, -0.05) is 6.92 Å². The van der Waals surface area contributed by atoms with Crippen LogP contribution in [0, 0.1) is 5.92 Å². The van der Waals surface area contributed by atoms with Crippen LogP contribution in [0.15, 0.2) is 9.21 Å². The Morgan fingerprint density at radius 3 is 2.92 bits per heavy atom. The lowest BCUT2D eigenvalue weighted by atomic mass is 10.1. The highest BCUT2D eigenvalue weighted by atomic mass is 27.1. The lowest BCUT2D eigenvalue weighted by molar-refractivity contribution is -0.129. The zero-order chi connectivity index (χ0) is 8.97. The van der Waals surface area contributed by atoms with Crippen molar-refractivity contribution >= 4 is 16.5 Å². The number of hydrogen-bond acceptors (Lipinski definition) is 4. The van der Waals surface area contributed by atoms with Crippen LogP contribution < -0.4 is 0 Å². The molecule has 2 unspecified atom stereocenters. The predicted octanol–water partition coefficient (Wildman–Crippen LogP) is 0.824. The first kappa shape index (κ1) is 10.1. The monoisotopic (exact) mass is 185 g/mol. The Morgan fingerprint density at radius 2 is 2.25 bits per heavy atom. The molecule has 0 spiro atoms. The van der Waals surface area contributed by atoms with Gasteiger partial charge in [-0.15, -0.1) is 0 Å². The van der Waals surface area contributed by atoms with Gasteiger partial charge in [0.25, 0.3) is 0 Å². The van der Waals surface area contributed by atoms with Crippen LogP contribution in [0.4, 0.5) is 0 Å². The molecule has 0 bridgehead atoms. The third kappa shape index (κ3) is 2.83. The fourth-order valence-electron chi connectivity index (χ4n) is 1.58. The Balaban J connectivity index is 2.51. The van der Waals surface area contributed by atoms with E-state index in [4.69, 9.17) is 0 Å². The fourth-order valence-corrected chi connectivity index (χ4v) is 1.85. The molecule has 68 valence electrons. The quantitative estimate of drug-likeness (QED) is 0.485. The van der Waals surface area contributed by atoms with Crippen molar-refractivity contribution in [3.8, 4) is 0 Å². The zero-order valence-corrected chi connectivity index (χ0v) is 9.77. The van der Waals surface area contributed by atoms with E-state index in [-0.39, 0.29) is 6.17 Å². The Labute approximate surface area is 81.3 Å². The Kier molecular flexibility index (Phi) is 4.16. The van der Waals surface area contributed by atoms with Crippen molar-refractivity contribution < 1.29 is 5.21 Å². The van der Waals surface area contributed by atoms with Gasteiger partial charge in [0.1, 0.15) is 6.17 Å². The van der Waals surface area contributed by atoms with Gasteiger partial charge in [0.05, 0.1) is 0 Å². The maximum absolute atomic E-state index is 9.55. The van der Waals surface area contributed by atoms with Crippen LogP contribution in [0.2, 0.25) is 0 Å². The summed E-state index contributed by atoms with van der Waals surface area (Å²) in [7, 11) is 0. The standard InChI is InChI=1S/C7H14N3O.Al.2H/c1-6-3-2-4-7(9-8)10(11)5-6;;;/h6-7,11H,2-5H2,1H3;;;/q-1;+1;;. The van der Waals surface area contributed by atoms with Crippen molar-refractivity contribution in [3.05, 3.63) is 0 Å². The van der Waals surface area contributed by atoms with Gasteiger partial charge in [-0.3, -0.25) is 0 Å². The second-order valence-corrected chi connectivity index (χ2v) is 3.85. The minimum atomic E-state index is -0.0764. The molecule has 1 aliphatic rings. The molecule has 0 aromatic rings. The van der Waals surface area contributed by atoms with Gasteiger partial charge in [-0.05, 0) is 25.2 Å². The van der Waals surface area contributed by atoms with Gasteiger partial charge in [0.2, 0.25) is 0 Å². The fraction of sp³-hybridized carbons (Fsp3) is 1.00. The molecule has 0 aromatic carbocycles. The summed E-state index contributed by atoms with van der Waals surface area (Å²) in [6, 6.07) is 0. The summed E-state index contributed by atoms with van der Waals surface area (Å²) in [5.74, 6) is 0.573. The summed E-state index contributed by atoms with van der Waals surface area (Å²) in [6.45, 7) is 2.88. The topological polar surface area (TPSA) is 48.2 Å². The summed E-state index contributed by atoms with van der Waals surface area (Å²) < 4.78 is 3.84. The average molecular weight is 185 g/mol. The molecule has 0 amide bonds. The van der Waals surface area contributed by atoms with E-state index in [0.29, 0.717) is 5.92 Å². The highest BCUT2D eigenvalue weighted by Crippen LogP contribution is 2.19. The van der Waals surface area contributed by atoms with Crippen molar-refractivity contribution in [2.75, 3.05) is 6.54 Å². The Bertz CT molecular complexity index is 165. The van der Waals surface area contributed by atoms with Crippen molar-refractivity contribution in [2.45, 2.75) is 32.4 Å². The van der Waals surface area contributed by atoms with Crippen molar-refractivity contribution in [3.63, 3.8) is 0 Å². The zero-order valence-electron chi connectivity index (χ0n) is 7.77. The van der Waals surface area contributed by atoms with E-state index in [2.05, 4.69) is 16.1 Å². The van der Waals surface area contributed by atoms with Gasteiger partial charge < -0.3 is 9.31 Å². The van der Waals surface area contributed by atoms with Gasteiger partial charge in [-0.25, -0.2) is 5.11 Å². The number of rotatable bonds is 1. The second-order valence-electron chi connectivity index (χ2n) is 3.45. The molecule has 0 aromatic heterocycles. The summed E-state index contributed by atoms with van der Waals surface area (Å²) >= 11 is 0.728. The van der Waals surface area contributed by atoms with E-state index in [1.54, 1.807) is 0 Å². The van der Waals surface area contributed by atoms with Crippen LogP contribution in [0.5, 0.6) is 0 Å². The largest absolute Gasteiger partial charge is 0.426 e. The maximum atomic E-state index is 9.55. The van der Waals surface area contributed by atoms with E-state index in [0.717, 1.165) is 35.9 Å². The third-order valence-corrected chi connectivity index (χ3v) is 2.48. The molecule has 12 heavy (non-hydrogen) atoms. The summed E-state index contributed by atoms with van der Waals surface area (Å²) in [4.78, 5) is 0. The molecule has 1 rings (SSSR count). The van der Waals surface area contributed by atoms with Crippen LogP contribution in [-0.4, -0.2) is 39.5 Å². The second kappa shape index (κ2) is 4.93. The highest BCUT2D eigenvalue weighted by molar-refractivity contribution is 6.04. The first-order chi connectivity index (χ1) is 5.74. The number of hydrogen-bond donors (Lipinski definition) is 1. The normalized spacial score (nSPS) is 33.8. The minimum Gasteiger partial charge on any atom is -0.332 e. The smallest absolute Gasteiger partial charge is 0.332 e. The van der Waals surface area contributed by atoms with Gasteiger partial charge in [-0.2, -0.15) is 5.06 Å². The molecule has 1 heterocycles. The summed E-state index contributed by atoms with van der Waals surface area (Å²) in [5, 5.41) is 14.9. The van der Waals surface area contributed by atoms with Crippen LogP contribution in [0.3, 0.4) is 0 Å². The van der Waals surface area contributed by atoms with Gasteiger partial charge in [0, 0.05) is 6.54 Å². The first-order valence-electron chi connectivity index (χ1n) is 4.48. The highest BCUT2D eigenvalue weighted by Gasteiger charge is 2.21. The molecule has 1 saturated heterocycles. The van der Waals surface area contributed by atoms with Gasteiger partial charge in [0.15, 0.2) is 0 Å². The molecular weight excluding hydrogens is 169 g/mol. The van der Waals surface area contributed by atoms with E-state index >= 15 is 0 Å². The molecule has 5 heteroatoms. The van der Waals surface area contributed by atoms with E-state index in [1.807, 2.05) is 0 Å². The molecular formula is C7H16AlN3O. The van der Waals surface area contributed by atoms with Crippen molar-refractivity contribution in [2.24, 2.45) is 15.1 Å². The van der Waals surface area contributed by atoms with Crippen molar-refractivity contribution in [1.82, 2.24) is 5.06 Å². The van der Waals surface area contributed by atoms with Crippen LogP contribution in [0.25, 0.3) is 0 Å². The van der Waals surface area contributed by atoms with E-state index in [9.17, 15) is 5.21 Å². The minimum absolute atomic E-state index is 0.0764. The molecule has 0 radical (unpaired) electrons. The number of hydroxylamine groups is 2. The van der Waals surface area contributed by atoms with Crippen LogP contribution in [0.1, 0.15) is 26.2 Å². The lowest BCUT2D eigenvalue weighted by Gasteiger charge is -2.20. The molecule has 4 nitrogen and oxygen atoms in total. The SMILES string of the molecule is CC1CCCC(N=[N][AlH2])N(O)C1. The average Bonchev–Trinajstić information content (AvgIpc) is 2.15. The molecule has 1 fully saturated rings. The number of nitrogens with zero attached hydrogens (tertiary/aromatic N) is 3. The Morgan fingerprint density at radius 1 is 1.50 bits per heavy atom. The Hall–Kier alpha value is 0.0525. The van der Waals surface area contributed by atoms with E-state index in [1.165, 1.54) is 11.5 Å². The van der Waals surface area contributed by atoms with Crippen LogP contribution in [-0.2, 0) is 0 Å². The predicted molar refractivity (Wildman–Crippen MR) is 48.7 cm³/mol. The third-order valence-electron chi connectivity index (χ3n) is 2.25. The van der Waals surface area contributed by atoms with E-state index < -0.39 is 0 Å². The molecule has 1 aliphatic heterocycles. The van der Waals surface area contributed by atoms with Crippen molar-refractivity contribution in [1.29, 1.82) is 0 Å². The maximum Gasteiger partial charge on any atom is 0.426 e. The van der Waals surface area contributed by atoms with Crippen LogP contribution >= 0.6 is 0 Å². The first-order valence-corrected chi connectivity index (χ1v) is 5.38. The molecule has 1 N–H and O–H groups in total. The molecule has 2 atom stereocenters. The molecule has 0 aliphatic carbocycles. The molecule has 0 saturated carbocycles. The lowest BCUT2D eigenvalue weighted by Crippen LogP contribution is -2.31. The van der Waals surface area contributed by atoms with Gasteiger partial charge >= 0.3 is 16.5 Å².